The van der Waals surface area contributed by atoms with E-state index in [9.17, 15) is 23.3 Å². The van der Waals surface area contributed by atoms with Crippen LogP contribution < -0.4 is 0 Å². The number of hydrogen-bond acceptors (Lipinski definition) is 6. The van der Waals surface area contributed by atoms with Crippen LogP contribution in [0.4, 0.5) is 5.69 Å². The molecule has 3 aromatic carbocycles. The van der Waals surface area contributed by atoms with Crippen LogP contribution in [0.5, 0.6) is 0 Å². The SMILES string of the molecule is CCOC(=O)C1=C[C@H](C)N(S(=O)(=O)c2ccc([N+](=O)[O-])cc2)[C@@H]1c1cccc2ccccc12. The van der Waals surface area contributed by atoms with Crippen molar-refractivity contribution >= 4 is 32.5 Å². The summed E-state index contributed by atoms with van der Waals surface area (Å²) in [5.74, 6) is -0.580. The number of sulfonamides is 1. The first-order valence-electron chi connectivity index (χ1n) is 10.4. The normalized spacial score (nSPS) is 18.8. The average Bonchev–Trinajstić information content (AvgIpc) is 3.16. The molecule has 0 unspecified atom stereocenters. The second-order valence-electron chi connectivity index (χ2n) is 7.64. The van der Waals surface area contributed by atoms with Gasteiger partial charge in [0.1, 0.15) is 0 Å². The zero-order valence-electron chi connectivity index (χ0n) is 18.0. The number of nitro groups is 1. The van der Waals surface area contributed by atoms with E-state index in [2.05, 4.69) is 0 Å². The van der Waals surface area contributed by atoms with E-state index in [1.807, 2.05) is 36.4 Å². The molecule has 8 nitrogen and oxygen atoms in total. The summed E-state index contributed by atoms with van der Waals surface area (Å²) in [5, 5.41) is 12.7. The number of non-ortho nitro benzene ring substituents is 1. The molecule has 0 aromatic heterocycles. The van der Waals surface area contributed by atoms with E-state index in [0.29, 0.717) is 5.56 Å². The third-order valence-electron chi connectivity index (χ3n) is 5.62. The van der Waals surface area contributed by atoms with Crippen molar-refractivity contribution in [3.8, 4) is 0 Å². The van der Waals surface area contributed by atoms with E-state index in [1.165, 1.54) is 16.4 Å². The highest BCUT2D eigenvalue weighted by molar-refractivity contribution is 7.89. The van der Waals surface area contributed by atoms with Crippen molar-refractivity contribution in [3.63, 3.8) is 0 Å². The van der Waals surface area contributed by atoms with Crippen LogP contribution in [0, 0.1) is 10.1 Å². The number of esters is 1. The van der Waals surface area contributed by atoms with Gasteiger partial charge in [-0.3, -0.25) is 10.1 Å². The molecule has 0 saturated heterocycles. The van der Waals surface area contributed by atoms with Crippen molar-refractivity contribution in [2.75, 3.05) is 6.61 Å². The van der Waals surface area contributed by atoms with E-state index >= 15 is 0 Å². The van der Waals surface area contributed by atoms with Gasteiger partial charge in [0.05, 0.1) is 28.0 Å². The van der Waals surface area contributed by atoms with E-state index < -0.39 is 33.0 Å². The molecule has 0 spiro atoms. The molecule has 0 bridgehead atoms. The van der Waals surface area contributed by atoms with Crippen molar-refractivity contribution in [2.24, 2.45) is 0 Å². The van der Waals surface area contributed by atoms with Gasteiger partial charge < -0.3 is 4.74 Å². The fraction of sp³-hybridized carbons (Fsp3) is 0.208. The second kappa shape index (κ2) is 8.76. The molecule has 0 saturated carbocycles. The van der Waals surface area contributed by atoms with E-state index in [1.54, 1.807) is 26.0 Å². The number of rotatable bonds is 6. The zero-order valence-corrected chi connectivity index (χ0v) is 18.9. The Labute approximate surface area is 191 Å². The second-order valence-corrected chi connectivity index (χ2v) is 9.48. The van der Waals surface area contributed by atoms with Gasteiger partial charge in [-0.25, -0.2) is 13.2 Å². The maximum absolute atomic E-state index is 13.7. The molecule has 1 heterocycles. The van der Waals surface area contributed by atoms with Crippen molar-refractivity contribution < 1.29 is 22.9 Å². The highest BCUT2D eigenvalue weighted by atomic mass is 32.2. The number of benzene rings is 3. The molecule has 33 heavy (non-hydrogen) atoms. The van der Waals surface area contributed by atoms with Gasteiger partial charge in [-0.2, -0.15) is 4.31 Å². The van der Waals surface area contributed by atoms with Gasteiger partial charge in [0, 0.05) is 18.2 Å². The Hall–Kier alpha value is -3.56. The Morgan fingerprint density at radius 2 is 1.73 bits per heavy atom. The van der Waals surface area contributed by atoms with Crippen LogP contribution >= 0.6 is 0 Å². The van der Waals surface area contributed by atoms with Crippen LogP contribution in [0.15, 0.2) is 83.3 Å². The molecule has 3 aromatic rings. The summed E-state index contributed by atoms with van der Waals surface area (Å²) in [6, 6.07) is 16.2. The molecule has 2 atom stereocenters. The van der Waals surface area contributed by atoms with Crippen LogP contribution in [0.3, 0.4) is 0 Å². The van der Waals surface area contributed by atoms with Gasteiger partial charge in [-0.15, -0.1) is 0 Å². The standard InChI is InChI=1S/C24H22N2O6S/c1-3-32-24(27)22-15-16(2)25(33(30,31)19-13-11-18(12-14-19)26(28)29)23(22)21-10-6-8-17-7-4-5-9-20(17)21/h4-16,23H,3H2,1-2H3/t16-,23+/m0/s1. The minimum Gasteiger partial charge on any atom is -0.463 e. The molecule has 4 rings (SSSR count). The molecule has 170 valence electrons. The lowest BCUT2D eigenvalue weighted by Gasteiger charge is -2.30. The highest BCUT2D eigenvalue weighted by Gasteiger charge is 2.45. The van der Waals surface area contributed by atoms with Gasteiger partial charge in [-0.05, 0) is 42.3 Å². The quantitative estimate of drug-likeness (QED) is 0.303. The molecule has 1 aliphatic rings. The summed E-state index contributed by atoms with van der Waals surface area (Å²) in [6.07, 6.45) is 1.60. The fourth-order valence-corrected chi connectivity index (χ4v) is 5.93. The van der Waals surface area contributed by atoms with E-state index in [-0.39, 0.29) is 22.8 Å². The third-order valence-corrected chi connectivity index (χ3v) is 7.59. The predicted octanol–water partition coefficient (Wildman–Crippen LogP) is 4.37. The highest BCUT2D eigenvalue weighted by Crippen LogP contribution is 2.43. The van der Waals surface area contributed by atoms with Crippen LogP contribution in [-0.2, 0) is 19.6 Å². The molecular formula is C24H22N2O6S. The molecule has 0 fully saturated rings. The summed E-state index contributed by atoms with van der Waals surface area (Å²) in [4.78, 5) is 23.2. The smallest absolute Gasteiger partial charge is 0.335 e. The van der Waals surface area contributed by atoms with Gasteiger partial charge in [0.2, 0.25) is 10.0 Å². The lowest BCUT2D eigenvalue weighted by atomic mass is 9.95. The maximum Gasteiger partial charge on any atom is 0.335 e. The number of nitro benzene ring substituents is 1. The molecule has 9 heteroatoms. The first-order chi connectivity index (χ1) is 15.8. The Balaban J connectivity index is 1.89. The molecule has 1 aliphatic heterocycles. The number of carbonyl (C=O) groups excluding carboxylic acids is 1. The minimum absolute atomic E-state index is 0.0938. The summed E-state index contributed by atoms with van der Waals surface area (Å²) >= 11 is 0. The van der Waals surface area contributed by atoms with Crippen molar-refractivity contribution in [1.29, 1.82) is 0 Å². The van der Waals surface area contributed by atoms with Gasteiger partial charge in [-0.1, -0.05) is 48.5 Å². The molecule has 0 amide bonds. The van der Waals surface area contributed by atoms with E-state index in [4.69, 9.17) is 4.74 Å². The molecule has 0 N–H and O–H groups in total. The van der Waals surface area contributed by atoms with Crippen LogP contribution in [-0.4, -0.2) is 36.3 Å². The molecule has 0 aliphatic carbocycles. The summed E-state index contributed by atoms with van der Waals surface area (Å²) in [5.41, 5.74) is 0.688. The number of hydrogen-bond donors (Lipinski definition) is 0. The monoisotopic (exact) mass is 466 g/mol. The first-order valence-corrected chi connectivity index (χ1v) is 11.8. The van der Waals surface area contributed by atoms with Crippen molar-refractivity contribution in [2.45, 2.75) is 30.8 Å². The first kappa shape index (κ1) is 22.6. The Kier molecular flexibility index (Phi) is 6.01. The third kappa shape index (κ3) is 4.01. The van der Waals surface area contributed by atoms with E-state index in [0.717, 1.165) is 22.9 Å². The number of nitrogens with zero attached hydrogens (tertiary/aromatic N) is 2. The molecule has 0 radical (unpaired) electrons. The van der Waals surface area contributed by atoms with Crippen LogP contribution in [0.2, 0.25) is 0 Å². The van der Waals surface area contributed by atoms with Crippen LogP contribution in [0.1, 0.15) is 25.5 Å². The Morgan fingerprint density at radius 1 is 1.06 bits per heavy atom. The fourth-order valence-electron chi connectivity index (χ4n) is 4.20. The van der Waals surface area contributed by atoms with Gasteiger partial charge in [0.15, 0.2) is 0 Å². The topological polar surface area (TPSA) is 107 Å². The minimum atomic E-state index is -4.13. The Morgan fingerprint density at radius 3 is 2.39 bits per heavy atom. The largest absolute Gasteiger partial charge is 0.463 e. The summed E-state index contributed by atoms with van der Waals surface area (Å²) in [7, 11) is -4.13. The summed E-state index contributed by atoms with van der Waals surface area (Å²) < 4.78 is 34.0. The van der Waals surface area contributed by atoms with Gasteiger partial charge in [0.25, 0.3) is 5.69 Å². The number of carbonyl (C=O) groups is 1. The lowest BCUT2D eigenvalue weighted by molar-refractivity contribution is -0.384. The maximum atomic E-state index is 13.7. The number of ether oxygens (including phenoxy) is 1. The summed E-state index contributed by atoms with van der Waals surface area (Å²) in [6.45, 7) is 3.53. The molecular weight excluding hydrogens is 444 g/mol. The van der Waals surface area contributed by atoms with Gasteiger partial charge >= 0.3 is 5.97 Å². The van der Waals surface area contributed by atoms with Crippen molar-refractivity contribution in [3.05, 3.63) is 94.1 Å². The zero-order chi connectivity index (χ0) is 23.8. The Bertz CT molecular complexity index is 1360. The number of fused-ring (bicyclic) bond motifs is 1. The lowest BCUT2D eigenvalue weighted by Crippen LogP contribution is -2.37. The van der Waals surface area contributed by atoms with Crippen molar-refractivity contribution in [1.82, 2.24) is 4.31 Å². The predicted molar refractivity (Wildman–Crippen MR) is 123 cm³/mol. The average molecular weight is 467 g/mol. The van der Waals surface area contributed by atoms with Crippen LogP contribution in [0.25, 0.3) is 10.8 Å².